The van der Waals surface area contributed by atoms with Crippen molar-refractivity contribution in [2.24, 2.45) is 13.0 Å². The second-order valence-corrected chi connectivity index (χ2v) is 9.58. The molecule has 14 heteroatoms. The van der Waals surface area contributed by atoms with Crippen molar-refractivity contribution in [3.8, 4) is 5.75 Å². The van der Waals surface area contributed by atoms with Crippen molar-refractivity contribution in [1.82, 2.24) is 14.2 Å². The van der Waals surface area contributed by atoms with Gasteiger partial charge in [-0.25, -0.2) is 31.1 Å². The Bertz CT molecular complexity index is 1240. The maximum Gasteiger partial charge on any atom is 0.409 e. The molecule has 2 aliphatic heterocycles. The molecular weight excluding hydrogens is 481 g/mol. The third kappa shape index (κ3) is 4.30. The number of amides is 2. The van der Waals surface area contributed by atoms with E-state index in [1.165, 1.54) is 16.5 Å². The fraction of sp³-hybridized carbons (Fsp3) is 0.400. The van der Waals surface area contributed by atoms with Crippen LogP contribution < -0.4 is 14.8 Å². The van der Waals surface area contributed by atoms with Crippen molar-refractivity contribution < 1.29 is 40.7 Å². The third-order valence-electron chi connectivity index (χ3n) is 5.56. The fourth-order valence-electron chi connectivity index (χ4n) is 3.98. The zero-order valence-electron chi connectivity index (χ0n) is 18.1. The quantitative estimate of drug-likeness (QED) is 0.619. The summed E-state index contributed by atoms with van der Waals surface area (Å²) in [6, 6.07) is 0.551. The molecule has 4 rings (SSSR count). The molecule has 34 heavy (non-hydrogen) atoms. The van der Waals surface area contributed by atoms with E-state index in [1.54, 1.807) is 6.92 Å². The highest BCUT2D eigenvalue weighted by molar-refractivity contribution is 7.89. The molecule has 0 spiro atoms. The molecule has 0 bridgehead atoms. The number of nitrogens with one attached hydrogen (secondary N) is 2. The molecule has 10 nitrogen and oxygen atoms in total. The van der Waals surface area contributed by atoms with Crippen LogP contribution in [0.4, 0.5) is 23.7 Å². The van der Waals surface area contributed by atoms with E-state index in [0.29, 0.717) is 12.1 Å². The van der Waals surface area contributed by atoms with E-state index in [0.717, 1.165) is 6.20 Å². The van der Waals surface area contributed by atoms with Crippen LogP contribution >= 0.6 is 0 Å². The molecule has 1 saturated heterocycles. The first kappa shape index (κ1) is 23.9. The molecule has 3 heterocycles. The minimum absolute atomic E-state index is 0.0276. The van der Waals surface area contributed by atoms with E-state index in [2.05, 4.69) is 10.0 Å². The number of benzene rings is 1. The summed E-state index contributed by atoms with van der Waals surface area (Å²) in [6.45, 7) is 2.05. The monoisotopic (exact) mass is 502 g/mol. The lowest BCUT2D eigenvalue weighted by Crippen LogP contribution is -2.43. The lowest BCUT2D eigenvalue weighted by molar-refractivity contribution is 0.101. The van der Waals surface area contributed by atoms with Crippen molar-refractivity contribution in [1.29, 1.82) is 0 Å². The molecule has 2 aromatic rings. The van der Waals surface area contributed by atoms with Gasteiger partial charge in [0.05, 0.1) is 13.2 Å². The van der Waals surface area contributed by atoms with Gasteiger partial charge in [-0.3, -0.25) is 4.79 Å². The Morgan fingerprint density at radius 3 is 2.56 bits per heavy atom. The van der Waals surface area contributed by atoms with Gasteiger partial charge >= 0.3 is 6.09 Å². The van der Waals surface area contributed by atoms with E-state index < -0.39 is 51.4 Å². The zero-order chi connectivity index (χ0) is 24.8. The molecule has 1 aromatic carbocycles. The molecule has 2 N–H and O–H groups in total. The zero-order valence-corrected chi connectivity index (χ0v) is 18.9. The van der Waals surface area contributed by atoms with Crippen LogP contribution in [-0.2, 0) is 21.8 Å². The van der Waals surface area contributed by atoms with Crippen LogP contribution in [0.1, 0.15) is 17.4 Å². The van der Waals surface area contributed by atoms with Crippen molar-refractivity contribution in [2.45, 2.75) is 17.9 Å². The number of ether oxygens (including phenoxy) is 2. The number of aryl methyl sites for hydroxylation is 1. The molecule has 0 aliphatic carbocycles. The van der Waals surface area contributed by atoms with E-state index >= 15 is 0 Å². The molecule has 1 fully saturated rings. The van der Waals surface area contributed by atoms with Crippen LogP contribution in [0.2, 0.25) is 0 Å². The second kappa shape index (κ2) is 8.83. The number of sulfonamides is 1. The van der Waals surface area contributed by atoms with Gasteiger partial charge in [-0.05, 0) is 6.92 Å². The van der Waals surface area contributed by atoms with E-state index in [4.69, 9.17) is 9.47 Å². The summed E-state index contributed by atoms with van der Waals surface area (Å²) in [7, 11) is -2.77. The van der Waals surface area contributed by atoms with Gasteiger partial charge in [-0.1, -0.05) is 0 Å². The van der Waals surface area contributed by atoms with Crippen LogP contribution in [0.5, 0.6) is 5.75 Å². The molecule has 0 radical (unpaired) electrons. The lowest BCUT2D eigenvalue weighted by Gasteiger charge is -2.23. The Morgan fingerprint density at radius 2 is 1.91 bits per heavy atom. The van der Waals surface area contributed by atoms with E-state index in [1.807, 2.05) is 0 Å². The number of carbonyl (C=O) groups excluding carboxylic acids is 2. The second-order valence-electron chi connectivity index (χ2n) is 7.89. The molecule has 184 valence electrons. The number of carbonyl (C=O) groups is 2. The average molecular weight is 502 g/mol. The fourth-order valence-corrected chi connectivity index (χ4v) is 5.47. The summed E-state index contributed by atoms with van der Waals surface area (Å²) in [6.07, 6.45) is 0.585. The van der Waals surface area contributed by atoms with E-state index in [-0.39, 0.29) is 48.3 Å². The summed E-state index contributed by atoms with van der Waals surface area (Å²) >= 11 is 0. The van der Waals surface area contributed by atoms with Gasteiger partial charge in [0.25, 0.3) is 5.91 Å². The van der Waals surface area contributed by atoms with Gasteiger partial charge in [0.2, 0.25) is 10.0 Å². The molecule has 2 unspecified atom stereocenters. The number of aromatic nitrogens is 1. The number of likely N-dealkylation sites (tertiary alicyclic amines) is 1. The predicted octanol–water partition coefficient (Wildman–Crippen LogP) is 1.82. The van der Waals surface area contributed by atoms with Gasteiger partial charge in [-0.15, -0.1) is 0 Å². The largest absolute Gasteiger partial charge is 0.489 e. The summed E-state index contributed by atoms with van der Waals surface area (Å²) in [5.41, 5.74) is -0.603. The number of hydrogen-bond donors (Lipinski definition) is 2. The minimum atomic E-state index is -4.17. The van der Waals surface area contributed by atoms with Gasteiger partial charge in [-0.2, -0.15) is 0 Å². The Hall–Kier alpha value is -3.26. The number of anilines is 1. The van der Waals surface area contributed by atoms with Gasteiger partial charge in [0.1, 0.15) is 4.90 Å². The Morgan fingerprint density at radius 1 is 1.24 bits per heavy atom. The number of rotatable bonds is 3. The van der Waals surface area contributed by atoms with Crippen LogP contribution in [0.3, 0.4) is 0 Å². The number of nitrogens with zero attached hydrogens (tertiary/aromatic N) is 2. The number of halogens is 3. The van der Waals surface area contributed by atoms with Crippen molar-refractivity contribution in [2.75, 3.05) is 31.6 Å². The van der Waals surface area contributed by atoms with Crippen LogP contribution in [-0.4, -0.2) is 62.2 Å². The minimum Gasteiger partial charge on any atom is -0.489 e. The highest BCUT2D eigenvalue weighted by Gasteiger charge is 2.42. The maximum atomic E-state index is 13.5. The third-order valence-corrected chi connectivity index (χ3v) is 7.05. The average Bonchev–Trinajstić information content (AvgIpc) is 3.30. The van der Waals surface area contributed by atoms with E-state index in [9.17, 15) is 31.2 Å². The first-order valence-corrected chi connectivity index (χ1v) is 11.7. The molecule has 2 aliphatic rings. The standard InChI is InChI=1S/C20H21F3N4O6S/c1-3-32-20(29)27-6-10-9-33-18-15(34(30,31)25-14(10)7-27)8-26(2)17(18)19(28)24-11-4-12(21)16(23)13(22)5-11/h4-5,8,10,14,25H,3,6-7,9H2,1-2H3,(H,24,28). The lowest BCUT2D eigenvalue weighted by atomic mass is 10.1. The molecule has 0 saturated carbocycles. The summed E-state index contributed by atoms with van der Waals surface area (Å²) in [5.74, 6) is -6.31. The molecular formula is C20H21F3N4O6S. The molecule has 2 amide bonds. The number of fused-ring (bicyclic) bond motifs is 2. The molecule has 1 aromatic heterocycles. The van der Waals surface area contributed by atoms with Crippen LogP contribution in [0.15, 0.2) is 23.2 Å². The highest BCUT2D eigenvalue weighted by atomic mass is 32.2. The van der Waals surface area contributed by atoms with Crippen molar-refractivity contribution >= 4 is 27.7 Å². The van der Waals surface area contributed by atoms with Crippen molar-refractivity contribution in [3.63, 3.8) is 0 Å². The van der Waals surface area contributed by atoms with Crippen LogP contribution in [0, 0.1) is 23.4 Å². The van der Waals surface area contributed by atoms with Crippen molar-refractivity contribution in [3.05, 3.63) is 41.5 Å². The van der Waals surface area contributed by atoms with Gasteiger partial charge < -0.3 is 24.3 Å². The number of hydrogen-bond acceptors (Lipinski definition) is 6. The predicted molar refractivity (Wildman–Crippen MR) is 111 cm³/mol. The Balaban J connectivity index is 1.63. The highest BCUT2D eigenvalue weighted by Crippen LogP contribution is 2.35. The Kier molecular flexibility index (Phi) is 6.20. The maximum absolute atomic E-state index is 13.5. The Labute approximate surface area is 192 Å². The molecule has 2 atom stereocenters. The normalized spacial score (nSPS) is 21.0. The SMILES string of the molecule is CCOC(=O)N1CC2COc3c(cn(C)c3C(=O)Nc3cc(F)c(F)c(F)c3)S(=O)(=O)NC2C1. The summed E-state index contributed by atoms with van der Waals surface area (Å²) in [4.78, 5) is 26.0. The first-order valence-electron chi connectivity index (χ1n) is 10.2. The topological polar surface area (TPSA) is 119 Å². The summed E-state index contributed by atoms with van der Waals surface area (Å²) < 4.78 is 80.8. The summed E-state index contributed by atoms with van der Waals surface area (Å²) in [5, 5.41) is 2.22. The van der Waals surface area contributed by atoms with Gasteiger partial charge in [0, 0.05) is 56.1 Å². The van der Waals surface area contributed by atoms with Crippen LogP contribution in [0.25, 0.3) is 0 Å². The smallest absolute Gasteiger partial charge is 0.409 e. The van der Waals surface area contributed by atoms with Gasteiger partial charge in [0.15, 0.2) is 28.9 Å². The first-order chi connectivity index (χ1) is 16.0.